The molecule has 0 aliphatic heterocycles. The van der Waals surface area contributed by atoms with Gasteiger partial charge >= 0.3 is 5.97 Å². The number of aromatic nitrogens is 1. The number of fused-ring (bicyclic) bond motifs is 2. The van der Waals surface area contributed by atoms with Crippen LogP contribution in [0.3, 0.4) is 0 Å². The highest BCUT2D eigenvalue weighted by atomic mass is 32.1. The minimum Gasteiger partial charge on any atom is -0.481 e. The van der Waals surface area contributed by atoms with Gasteiger partial charge in [-0.15, -0.1) is 11.3 Å². The third kappa shape index (κ3) is 2.20. The summed E-state index contributed by atoms with van der Waals surface area (Å²) in [5.74, 6) is -1.05. The summed E-state index contributed by atoms with van der Waals surface area (Å²) >= 11 is 1.34. The van der Waals surface area contributed by atoms with Crippen LogP contribution in [-0.4, -0.2) is 28.0 Å². The van der Waals surface area contributed by atoms with Crippen molar-refractivity contribution in [3.63, 3.8) is 0 Å². The number of thiazole rings is 1. The number of nitrogens with zero attached hydrogens (tertiary/aromatic N) is 1. The fourth-order valence-electron chi connectivity index (χ4n) is 3.59. The van der Waals surface area contributed by atoms with Gasteiger partial charge in [-0.25, -0.2) is 4.98 Å². The fourth-order valence-corrected chi connectivity index (χ4v) is 4.24. The minimum atomic E-state index is -0.802. The van der Waals surface area contributed by atoms with E-state index in [0.29, 0.717) is 17.2 Å². The van der Waals surface area contributed by atoms with Crippen molar-refractivity contribution in [3.8, 4) is 0 Å². The SMILES string of the molecule is NCc1nc(C(=O)NC2C3CCC(C3)C2C(=O)O)cs1. The molecule has 1 aromatic heterocycles. The van der Waals surface area contributed by atoms with Crippen LogP contribution in [0.2, 0.25) is 0 Å². The van der Waals surface area contributed by atoms with Crippen LogP contribution in [0.5, 0.6) is 0 Å². The molecule has 7 heteroatoms. The van der Waals surface area contributed by atoms with Crippen molar-refractivity contribution < 1.29 is 14.7 Å². The number of carbonyl (C=O) groups is 2. The average Bonchev–Trinajstić information content (AvgIpc) is 3.13. The molecule has 2 bridgehead atoms. The Kier molecular flexibility index (Phi) is 3.47. The smallest absolute Gasteiger partial charge is 0.308 e. The van der Waals surface area contributed by atoms with E-state index in [0.717, 1.165) is 19.3 Å². The first-order valence-electron chi connectivity index (χ1n) is 6.78. The molecule has 108 valence electrons. The molecule has 1 heterocycles. The van der Waals surface area contributed by atoms with Gasteiger partial charge in [0.2, 0.25) is 0 Å². The molecule has 2 saturated carbocycles. The predicted octanol–water partition coefficient (Wildman–Crippen LogP) is 0.831. The molecule has 4 unspecified atom stereocenters. The van der Waals surface area contributed by atoms with Crippen LogP contribution in [-0.2, 0) is 11.3 Å². The number of carboxylic acids is 1. The molecule has 1 amide bonds. The normalized spacial score (nSPS) is 31.4. The summed E-state index contributed by atoms with van der Waals surface area (Å²) in [6.07, 6.45) is 2.87. The van der Waals surface area contributed by atoms with Gasteiger partial charge in [-0.2, -0.15) is 0 Å². The molecule has 0 radical (unpaired) electrons. The van der Waals surface area contributed by atoms with Crippen LogP contribution in [0, 0.1) is 17.8 Å². The zero-order chi connectivity index (χ0) is 14.3. The summed E-state index contributed by atoms with van der Waals surface area (Å²) in [6.45, 7) is 0.309. The molecule has 1 aromatic rings. The van der Waals surface area contributed by atoms with E-state index in [4.69, 9.17) is 5.73 Å². The number of amides is 1. The van der Waals surface area contributed by atoms with Crippen LogP contribution in [0.25, 0.3) is 0 Å². The van der Waals surface area contributed by atoms with Crippen molar-refractivity contribution in [1.29, 1.82) is 0 Å². The number of nitrogens with two attached hydrogens (primary N) is 1. The molecule has 0 aromatic carbocycles. The maximum Gasteiger partial charge on any atom is 0.308 e. The van der Waals surface area contributed by atoms with E-state index in [-0.39, 0.29) is 23.8 Å². The van der Waals surface area contributed by atoms with Crippen LogP contribution in [0.4, 0.5) is 0 Å². The highest BCUT2D eigenvalue weighted by Gasteiger charge is 2.51. The molecule has 2 fully saturated rings. The Bertz CT molecular complexity index is 545. The van der Waals surface area contributed by atoms with Gasteiger partial charge in [-0.3, -0.25) is 9.59 Å². The highest BCUT2D eigenvalue weighted by Crippen LogP contribution is 2.48. The van der Waals surface area contributed by atoms with Gasteiger partial charge in [0.25, 0.3) is 5.91 Å². The molecule has 2 aliphatic carbocycles. The molecule has 2 aliphatic rings. The van der Waals surface area contributed by atoms with Crippen molar-refractivity contribution in [1.82, 2.24) is 10.3 Å². The van der Waals surface area contributed by atoms with Gasteiger partial charge in [-0.05, 0) is 31.1 Å². The van der Waals surface area contributed by atoms with Gasteiger partial charge in [0.05, 0.1) is 5.92 Å². The van der Waals surface area contributed by atoms with E-state index in [9.17, 15) is 14.7 Å². The number of hydrogen-bond donors (Lipinski definition) is 3. The van der Waals surface area contributed by atoms with E-state index in [2.05, 4.69) is 10.3 Å². The van der Waals surface area contributed by atoms with Crippen LogP contribution < -0.4 is 11.1 Å². The van der Waals surface area contributed by atoms with Crippen molar-refractivity contribution >= 4 is 23.2 Å². The Morgan fingerprint density at radius 1 is 1.45 bits per heavy atom. The summed E-state index contributed by atoms with van der Waals surface area (Å²) in [5.41, 5.74) is 5.81. The van der Waals surface area contributed by atoms with E-state index in [1.807, 2.05) is 0 Å². The minimum absolute atomic E-state index is 0.206. The second-order valence-corrected chi connectivity index (χ2v) is 6.47. The Balaban J connectivity index is 1.73. The van der Waals surface area contributed by atoms with E-state index in [1.165, 1.54) is 11.3 Å². The average molecular weight is 295 g/mol. The Hall–Kier alpha value is -1.47. The first-order chi connectivity index (χ1) is 9.60. The lowest BCUT2D eigenvalue weighted by atomic mass is 9.84. The molecular formula is C13H17N3O3S. The molecule has 20 heavy (non-hydrogen) atoms. The molecule has 4 atom stereocenters. The fraction of sp³-hybridized carbons (Fsp3) is 0.615. The summed E-state index contributed by atoms with van der Waals surface area (Å²) in [4.78, 5) is 27.7. The largest absolute Gasteiger partial charge is 0.481 e. The van der Waals surface area contributed by atoms with Crippen LogP contribution in [0.1, 0.15) is 34.8 Å². The Morgan fingerprint density at radius 2 is 2.20 bits per heavy atom. The lowest BCUT2D eigenvalue weighted by Gasteiger charge is -2.28. The lowest BCUT2D eigenvalue weighted by Crippen LogP contribution is -2.46. The standard InChI is InChI=1S/C13H17N3O3S/c14-4-9-15-8(5-20-9)12(17)16-11-7-2-1-6(3-7)10(11)13(18)19/h5-7,10-11H,1-4,14H2,(H,16,17)(H,18,19). The lowest BCUT2D eigenvalue weighted by molar-refractivity contribution is -0.144. The first kappa shape index (κ1) is 13.5. The van der Waals surface area contributed by atoms with Gasteiger partial charge in [-0.1, -0.05) is 0 Å². The second-order valence-electron chi connectivity index (χ2n) is 5.53. The number of carbonyl (C=O) groups excluding carboxylic acids is 1. The Labute approximate surface area is 120 Å². The van der Waals surface area contributed by atoms with Crippen molar-refractivity contribution in [2.75, 3.05) is 0 Å². The molecule has 6 nitrogen and oxygen atoms in total. The van der Waals surface area contributed by atoms with Gasteiger partial charge in [0.15, 0.2) is 0 Å². The van der Waals surface area contributed by atoms with Crippen LogP contribution >= 0.6 is 11.3 Å². The summed E-state index contributed by atoms with van der Waals surface area (Å²) in [7, 11) is 0. The summed E-state index contributed by atoms with van der Waals surface area (Å²) in [6, 6.07) is -0.262. The number of nitrogens with one attached hydrogen (secondary N) is 1. The quantitative estimate of drug-likeness (QED) is 0.763. The van der Waals surface area contributed by atoms with E-state index >= 15 is 0 Å². The number of hydrogen-bond acceptors (Lipinski definition) is 5. The first-order valence-corrected chi connectivity index (χ1v) is 7.66. The zero-order valence-electron chi connectivity index (χ0n) is 10.9. The highest BCUT2D eigenvalue weighted by molar-refractivity contribution is 7.09. The monoisotopic (exact) mass is 295 g/mol. The molecular weight excluding hydrogens is 278 g/mol. The maximum atomic E-state index is 12.2. The molecule has 3 rings (SSSR count). The summed E-state index contributed by atoms with van der Waals surface area (Å²) in [5, 5.41) is 14.6. The van der Waals surface area contributed by atoms with Gasteiger partial charge < -0.3 is 16.2 Å². The molecule has 0 saturated heterocycles. The molecule has 0 spiro atoms. The number of carboxylic acid groups (broad SMARTS) is 1. The number of aliphatic carboxylic acids is 1. The molecule has 4 N–H and O–H groups in total. The zero-order valence-corrected chi connectivity index (χ0v) is 11.7. The van der Waals surface area contributed by atoms with E-state index in [1.54, 1.807) is 5.38 Å². The van der Waals surface area contributed by atoms with Gasteiger partial charge in [0, 0.05) is 18.0 Å². The van der Waals surface area contributed by atoms with E-state index < -0.39 is 11.9 Å². The van der Waals surface area contributed by atoms with Gasteiger partial charge in [0.1, 0.15) is 10.7 Å². The summed E-state index contributed by atoms with van der Waals surface area (Å²) < 4.78 is 0. The second kappa shape index (κ2) is 5.14. The third-order valence-electron chi connectivity index (χ3n) is 4.46. The predicted molar refractivity (Wildman–Crippen MR) is 73.2 cm³/mol. The van der Waals surface area contributed by atoms with Crippen molar-refractivity contribution in [2.24, 2.45) is 23.5 Å². The van der Waals surface area contributed by atoms with Crippen molar-refractivity contribution in [3.05, 3.63) is 16.1 Å². The third-order valence-corrected chi connectivity index (χ3v) is 5.33. The van der Waals surface area contributed by atoms with Crippen LogP contribution in [0.15, 0.2) is 5.38 Å². The number of rotatable bonds is 4. The maximum absolute atomic E-state index is 12.2. The topological polar surface area (TPSA) is 105 Å². The Morgan fingerprint density at radius 3 is 2.85 bits per heavy atom. The van der Waals surface area contributed by atoms with Crippen molar-refractivity contribution in [2.45, 2.75) is 31.8 Å².